The maximum Gasteiger partial charge on any atom is 0.238 e. The zero-order valence-electron chi connectivity index (χ0n) is 14.9. The molecule has 1 atom stereocenters. The van der Waals surface area contributed by atoms with Gasteiger partial charge in [-0.1, -0.05) is 24.3 Å². The van der Waals surface area contributed by atoms with E-state index in [0.717, 1.165) is 42.8 Å². The molecule has 0 spiro atoms. The third-order valence-corrected chi connectivity index (χ3v) is 4.67. The zero-order chi connectivity index (χ0) is 18.4. The normalized spacial score (nSPS) is 15.3. The van der Waals surface area contributed by atoms with Gasteiger partial charge in [-0.25, -0.2) is 0 Å². The largest absolute Gasteiger partial charge is 0.495 e. The van der Waals surface area contributed by atoms with Crippen LogP contribution >= 0.6 is 0 Å². The number of para-hydroxylation sites is 1. The lowest BCUT2D eigenvalue weighted by atomic mass is 9.93. The number of carbonyl (C=O) groups is 1. The number of rotatable bonds is 6. The third kappa shape index (κ3) is 4.34. The number of nitriles is 1. The highest BCUT2D eigenvalue weighted by Crippen LogP contribution is 2.34. The lowest BCUT2D eigenvalue weighted by Crippen LogP contribution is -2.26. The minimum Gasteiger partial charge on any atom is -0.495 e. The van der Waals surface area contributed by atoms with Crippen LogP contribution in [0.2, 0.25) is 0 Å². The second-order valence-electron chi connectivity index (χ2n) is 6.50. The van der Waals surface area contributed by atoms with Gasteiger partial charge in [0.05, 0.1) is 18.9 Å². The second kappa shape index (κ2) is 8.39. The highest BCUT2D eigenvalue weighted by Gasteiger charge is 2.20. The van der Waals surface area contributed by atoms with E-state index in [1.54, 1.807) is 7.11 Å². The van der Waals surface area contributed by atoms with Crippen LogP contribution in [0.15, 0.2) is 42.5 Å². The van der Waals surface area contributed by atoms with Crippen molar-refractivity contribution in [2.24, 2.45) is 0 Å². The molecule has 0 fully saturated rings. The molecule has 1 aliphatic rings. The highest BCUT2D eigenvalue weighted by molar-refractivity contribution is 5.92. The maximum absolute atomic E-state index is 11.6. The number of amides is 1. The Hall–Kier alpha value is -3.00. The molecule has 0 aromatic heterocycles. The summed E-state index contributed by atoms with van der Waals surface area (Å²) in [6.07, 6.45) is 3.95. The van der Waals surface area contributed by atoms with E-state index in [1.165, 1.54) is 11.1 Å². The molecule has 5 heteroatoms. The number of anilines is 2. The van der Waals surface area contributed by atoms with Crippen molar-refractivity contribution in [2.45, 2.75) is 38.1 Å². The van der Waals surface area contributed by atoms with Crippen LogP contribution in [-0.4, -0.2) is 19.1 Å². The van der Waals surface area contributed by atoms with E-state index in [2.05, 4.69) is 22.8 Å². The number of hydrogen-bond donors (Lipinski definition) is 2. The van der Waals surface area contributed by atoms with E-state index in [9.17, 15) is 4.79 Å². The lowest BCUT2D eigenvalue weighted by Gasteiger charge is -2.28. The van der Waals surface area contributed by atoms with Crippen molar-refractivity contribution in [1.82, 2.24) is 0 Å². The van der Waals surface area contributed by atoms with Gasteiger partial charge in [0, 0.05) is 11.7 Å². The molecule has 3 rings (SSSR count). The number of nitrogens with one attached hydrogen (secondary N) is 2. The lowest BCUT2D eigenvalue weighted by molar-refractivity contribution is -0.115. The van der Waals surface area contributed by atoms with Gasteiger partial charge in [-0.15, -0.1) is 0 Å². The van der Waals surface area contributed by atoms with Crippen LogP contribution in [0.25, 0.3) is 0 Å². The average molecular weight is 349 g/mol. The van der Waals surface area contributed by atoms with E-state index in [4.69, 9.17) is 10.00 Å². The number of hydrogen-bond acceptors (Lipinski definition) is 4. The Labute approximate surface area is 154 Å². The fourth-order valence-corrected chi connectivity index (χ4v) is 3.36. The number of fused-ring (bicyclic) bond motifs is 1. The van der Waals surface area contributed by atoms with Gasteiger partial charge in [0.25, 0.3) is 0 Å². The van der Waals surface area contributed by atoms with Gasteiger partial charge in [0.15, 0.2) is 0 Å². The predicted molar refractivity (Wildman–Crippen MR) is 102 cm³/mol. The summed E-state index contributed by atoms with van der Waals surface area (Å²) in [5.41, 5.74) is 4.34. The molecule has 1 aliphatic heterocycles. The molecule has 2 aromatic rings. The Morgan fingerprint density at radius 3 is 3.00 bits per heavy atom. The quantitative estimate of drug-likeness (QED) is 0.829. The summed E-state index contributed by atoms with van der Waals surface area (Å²) in [5, 5.41) is 15.0. The minimum absolute atomic E-state index is 0.128. The molecule has 26 heavy (non-hydrogen) atoms. The minimum atomic E-state index is -0.276. The molecular weight excluding hydrogens is 326 g/mol. The summed E-state index contributed by atoms with van der Waals surface area (Å²) < 4.78 is 5.47. The van der Waals surface area contributed by atoms with E-state index in [-0.39, 0.29) is 12.3 Å². The fraction of sp³-hybridized carbons (Fsp3) is 0.333. The van der Waals surface area contributed by atoms with Crippen LogP contribution in [0.1, 0.15) is 30.4 Å². The van der Waals surface area contributed by atoms with Crippen molar-refractivity contribution in [3.8, 4) is 11.8 Å². The average Bonchev–Trinajstić information content (AvgIpc) is 2.66. The highest BCUT2D eigenvalue weighted by atomic mass is 16.5. The SMILES string of the molecule is COc1cccc2c1NC(CCc1cccc(NC(=O)CC#N)c1)CC2. The molecule has 1 unspecified atom stereocenters. The third-order valence-electron chi connectivity index (χ3n) is 4.67. The summed E-state index contributed by atoms with van der Waals surface area (Å²) in [6, 6.07) is 16.3. The second-order valence-corrected chi connectivity index (χ2v) is 6.50. The van der Waals surface area contributed by atoms with Crippen LogP contribution in [0.5, 0.6) is 5.75 Å². The van der Waals surface area contributed by atoms with Crippen molar-refractivity contribution >= 4 is 17.3 Å². The number of benzene rings is 2. The van der Waals surface area contributed by atoms with Gasteiger partial charge in [0.2, 0.25) is 5.91 Å². The molecule has 0 saturated heterocycles. The number of ether oxygens (including phenoxy) is 1. The zero-order valence-corrected chi connectivity index (χ0v) is 14.9. The smallest absolute Gasteiger partial charge is 0.238 e. The topological polar surface area (TPSA) is 74.2 Å². The Morgan fingerprint density at radius 1 is 1.35 bits per heavy atom. The monoisotopic (exact) mass is 349 g/mol. The van der Waals surface area contributed by atoms with Crippen LogP contribution in [0, 0.1) is 11.3 Å². The predicted octanol–water partition coefficient (Wildman–Crippen LogP) is 3.91. The summed E-state index contributed by atoms with van der Waals surface area (Å²) in [6.45, 7) is 0. The molecule has 0 radical (unpaired) electrons. The van der Waals surface area contributed by atoms with Crippen molar-refractivity contribution in [3.63, 3.8) is 0 Å². The molecule has 0 aliphatic carbocycles. The van der Waals surface area contributed by atoms with Gasteiger partial charge in [0.1, 0.15) is 12.2 Å². The van der Waals surface area contributed by atoms with Crippen molar-refractivity contribution in [1.29, 1.82) is 5.26 Å². The van der Waals surface area contributed by atoms with Crippen LogP contribution < -0.4 is 15.4 Å². The number of aryl methyl sites for hydroxylation is 2. The molecule has 1 amide bonds. The van der Waals surface area contributed by atoms with E-state index in [0.29, 0.717) is 6.04 Å². The Morgan fingerprint density at radius 2 is 2.19 bits per heavy atom. The van der Waals surface area contributed by atoms with Crippen LogP contribution in [-0.2, 0) is 17.6 Å². The van der Waals surface area contributed by atoms with Gasteiger partial charge in [-0.05, 0) is 55.0 Å². The summed E-state index contributed by atoms with van der Waals surface area (Å²) in [7, 11) is 1.70. The molecule has 5 nitrogen and oxygen atoms in total. The van der Waals surface area contributed by atoms with Crippen molar-refractivity contribution in [3.05, 3.63) is 53.6 Å². The van der Waals surface area contributed by atoms with Gasteiger partial charge in [-0.2, -0.15) is 5.26 Å². The summed E-state index contributed by atoms with van der Waals surface area (Å²) in [5.74, 6) is 0.622. The van der Waals surface area contributed by atoms with E-state index in [1.807, 2.05) is 36.4 Å². The fourth-order valence-electron chi connectivity index (χ4n) is 3.36. The Balaban J connectivity index is 1.60. The molecule has 134 valence electrons. The molecule has 1 heterocycles. The standard InChI is InChI=1S/C21H23N3O2/c1-26-19-7-3-5-16-9-11-17(24-21(16)19)10-8-15-4-2-6-18(14-15)23-20(25)12-13-22/h2-7,14,17,24H,8-12H2,1H3,(H,23,25). The van der Waals surface area contributed by atoms with Gasteiger partial charge >= 0.3 is 0 Å². The molecule has 2 aromatic carbocycles. The Bertz CT molecular complexity index is 812. The summed E-state index contributed by atoms with van der Waals surface area (Å²) in [4.78, 5) is 11.6. The van der Waals surface area contributed by atoms with E-state index >= 15 is 0 Å². The molecule has 2 N–H and O–H groups in total. The first-order chi connectivity index (χ1) is 12.7. The van der Waals surface area contributed by atoms with Crippen molar-refractivity contribution in [2.75, 3.05) is 17.7 Å². The number of methoxy groups -OCH3 is 1. The molecule has 0 saturated carbocycles. The van der Waals surface area contributed by atoms with E-state index < -0.39 is 0 Å². The summed E-state index contributed by atoms with van der Waals surface area (Å²) >= 11 is 0. The first-order valence-corrected chi connectivity index (χ1v) is 8.87. The van der Waals surface area contributed by atoms with Gasteiger partial charge < -0.3 is 15.4 Å². The molecular formula is C21H23N3O2. The Kier molecular flexibility index (Phi) is 5.75. The van der Waals surface area contributed by atoms with Crippen molar-refractivity contribution < 1.29 is 9.53 Å². The first kappa shape index (κ1) is 17.8. The first-order valence-electron chi connectivity index (χ1n) is 8.87. The number of nitrogens with zero attached hydrogens (tertiary/aromatic N) is 1. The molecule has 0 bridgehead atoms. The van der Waals surface area contributed by atoms with Crippen LogP contribution in [0.4, 0.5) is 11.4 Å². The maximum atomic E-state index is 11.6. The number of carbonyl (C=O) groups excluding carboxylic acids is 1. The van der Waals surface area contributed by atoms with Gasteiger partial charge in [-0.3, -0.25) is 4.79 Å². The van der Waals surface area contributed by atoms with Crippen LogP contribution in [0.3, 0.4) is 0 Å².